The molecule has 0 aromatic carbocycles. The van der Waals surface area contributed by atoms with Gasteiger partial charge in [0.15, 0.2) is 0 Å². The third kappa shape index (κ3) is 4.63. The molecular formula is C12H22N2O. The highest BCUT2D eigenvalue weighted by Crippen LogP contribution is 2.26. The maximum Gasteiger partial charge on any atom is 0.0771 e. The van der Waals surface area contributed by atoms with Gasteiger partial charge in [-0.25, -0.2) is 0 Å². The van der Waals surface area contributed by atoms with Crippen molar-refractivity contribution in [2.75, 3.05) is 13.1 Å². The lowest BCUT2D eigenvalue weighted by atomic mass is 9.94. The van der Waals surface area contributed by atoms with E-state index in [4.69, 9.17) is 5.26 Å². The second kappa shape index (κ2) is 6.09. The summed E-state index contributed by atoms with van der Waals surface area (Å²) in [4.78, 5) is 0. The van der Waals surface area contributed by atoms with Crippen LogP contribution in [0.15, 0.2) is 0 Å². The molecule has 0 radical (unpaired) electrons. The molecule has 0 saturated heterocycles. The summed E-state index contributed by atoms with van der Waals surface area (Å²) < 4.78 is 0. The predicted molar refractivity (Wildman–Crippen MR) is 60.3 cm³/mol. The average Bonchev–Trinajstić information content (AvgIpc) is 2.43. The van der Waals surface area contributed by atoms with Crippen LogP contribution in [0.2, 0.25) is 0 Å². The van der Waals surface area contributed by atoms with Crippen LogP contribution in [0.1, 0.15) is 45.4 Å². The van der Waals surface area contributed by atoms with Crippen molar-refractivity contribution in [3.8, 4) is 6.07 Å². The molecule has 1 atom stereocenters. The van der Waals surface area contributed by atoms with E-state index in [9.17, 15) is 5.11 Å². The van der Waals surface area contributed by atoms with E-state index >= 15 is 0 Å². The molecule has 0 amide bonds. The lowest BCUT2D eigenvalue weighted by Gasteiger charge is -2.27. The number of hydrogen-bond donors (Lipinski definition) is 2. The van der Waals surface area contributed by atoms with Crippen molar-refractivity contribution in [2.45, 2.75) is 51.0 Å². The number of rotatable bonds is 4. The maximum atomic E-state index is 10.3. The van der Waals surface area contributed by atoms with E-state index in [1.165, 1.54) is 12.8 Å². The van der Waals surface area contributed by atoms with Gasteiger partial charge in [-0.15, -0.1) is 0 Å². The summed E-state index contributed by atoms with van der Waals surface area (Å²) in [6.07, 6.45) is 6.56. The first-order chi connectivity index (χ1) is 7.16. The number of hydrogen-bond acceptors (Lipinski definition) is 3. The molecule has 1 unspecified atom stereocenters. The summed E-state index contributed by atoms with van der Waals surface area (Å²) in [6.45, 7) is 3.21. The van der Waals surface area contributed by atoms with Crippen molar-refractivity contribution in [1.29, 1.82) is 5.26 Å². The molecule has 0 bridgehead atoms. The van der Waals surface area contributed by atoms with Crippen LogP contribution in [-0.4, -0.2) is 23.8 Å². The summed E-state index contributed by atoms with van der Waals surface area (Å²) in [7, 11) is 0. The molecule has 3 nitrogen and oxygen atoms in total. The second-order valence-electron chi connectivity index (χ2n) is 4.80. The molecule has 0 aromatic rings. The van der Waals surface area contributed by atoms with Gasteiger partial charge in [0, 0.05) is 13.1 Å². The van der Waals surface area contributed by atoms with Gasteiger partial charge in [0.1, 0.15) is 0 Å². The van der Waals surface area contributed by atoms with E-state index in [-0.39, 0.29) is 5.92 Å². The maximum absolute atomic E-state index is 10.3. The largest absolute Gasteiger partial charge is 0.389 e. The van der Waals surface area contributed by atoms with Crippen molar-refractivity contribution < 1.29 is 5.11 Å². The average molecular weight is 210 g/mol. The molecule has 0 spiro atoms. The number of nitrogens with one attached hydrogen (secondary N) is 1. The highest BCUT2D eigenvalue weighted by atomic mass is 16.3. The van der Waals surface area contributed by atoms with Gasteiger partial charge in [-0.1, -0.05) is 25.7 Å². The zero-order valence-corrected chi connectivity index (χ0v) is 9.63. The first-order valence-corrected chi connectivity index (χ1v) is 5.99. The second-order valence-corrected chi connectivity index (χ2v) is 4.80. The Bertz CT molecular complexity index is 214. The molecule has 0 aromatic heterocycles. The minimum absolute atomic E-state index is 0.0272. The van der Waals surface area contributed by atoms with Gasteiger partial charge in [0.05, 0.1) is 17.6 Å². The Kier molecular flexibility index (Phi) is 5.07. The van der Waals surface area contributed by atoms with Gasteiger partial charge >= 0.3 is 0 Å². The van der Waals surface area contributed by atoms with Crippen LogP contribution < -0.4 is 5.32 Å². The molecule has 1 saturated carbocycles. The standard InChI is InChI=1S/C12H22N2O/c1-11(8-13)9-14-10-12(15)6-4-2-3-5-7-12/h11,14-15H,2-7,9-10H2,1H3. The molecule has 86 valence electrons. The molecular weight excluding hydrogens is 188 g/mol. The van der Waals surface area contributed by atoms with Crippen molar-refractivity contribution in [1.82, 2.24) is 5.32 Å². The molecule has 0 aliphatic heterocycles. The quantitative estimate of drug-likeness (QED) is 0.696. The van der Waals surface area contributed by atoms with Crippen molar-refractivity contribution in [2.24, 2.45) is 5.92 Å². The van der Waals surface area contributed by atoms with Crippen LogP contribution in [0, 0.1) is 17.2 Å². The van der Waals surface area contributed by atoms with Crippen LogP contribution in [0.4, 0.5) is 0 Å². The Labute approximate surface area is 92.5 Å². The van der Waals surface area contributed by atoms with Gasteiger partial charge in [-0.3, -0.25) is 0 Å². The van der Waals surface area contributed by atoms with E-state index in [1.807, 2.05) is 6.92 Å². The summed E-state index contributed by atoms with van der Waals surface area (Å²) >= 11 is 0. The van der Waals surface area contributed by atoms with E-state index in [1.54, 1.807) is 0 Å². The summed E-state index contributed by atoms with van der Waals surface area (Å²) in [5.74, 6) is 0.0272. The third-order valence-corrected chi connectivity index (χ3v) is 3.16. The first-order valence-electron chi connectivity index (χ1n) is 5.99. The Hall–Kier alpha value is -0.590. The molecule has 3 heteroatoms. The van der Waals surface area contributed by atoms with Gasteiger partial charge < -0.3 is 10.4 Å². The zero-order chi connectivity index (χ0) is 11.1. The van der Waals surface area contributed by atoms with E-state index in [0.29, 0.717) is 13.1 Å². The van der Waals surface area contributed by atoms with Crippen LogP contribution in [0.3, 0.4) is 0 Å². The minimum atomic E-state index is -0.522. The Balaban J connectivity index is 2.26. The number of nitriles is 1. The lowest BCUT2D eigenvalue weighted by molar-refractivity contribution is 0.0251. The highest BCUT2D eigenvalue weighted by molar-refractivity contribution is 4.85. The normalized spacial score (nSPS) is 22.7. The monoisotopic (exact) mass is 210 g/mol. The van der Waals surface area contributed by atoms with Crippen molar-refractivity contribution in [3.05, 3.63) is 0 Å². The SMILES string of the molecule is CC(C#N)CNCC1(O)CCCCCC1. The zero-order valence-electron chi connectivity index (χ0n) is 9.63. The molecule has 1 aliphatic rings. The Morgan fingerprint density at radius 1 is 1.33 bits per heavy atom. The first kappa shape index (κ1) is 12.5. The number of aliphatic hydroxyl groups is 1. The van der Waals surface area contributed by atoms with Crippen LogP contribution in [0.5, 0.6) is 0 Å². The van der Waals surface area contributed by atoms with E-state index < -0.39 is 5.60 Å². The molecule has 1 aliphatic carbocycles. The molecule has 1 rings (SSSR count). The molecule has 2 N–H and O–H groups in total. The van der Waals surface area contributed by atoms with Gasteiger partial charge in [-0.05, 0) is 19.8 Å². The van der Waals surface area contributed by atoms with Crippen LogP contribution >= 0.6 is 0 Å². The fourth-order valence-corrected chi connectivity index (χ4v) is 2.13. The Morgan fingerprint density at radius 2 is 1.93 bits per heavy atom. The smallest absolute Gasteiger partial charge is 0.0771 e. The van der Waals surface area contributed by atoms with Gasteiger partial charge in [-0.2, -0.15) is 5.26 Å². The lowest BCUT2D eigenvalue weighted by Crippen LogP contribution is -2.41. The van der Waals surface area contributed by atoms with Crippen molar-refractivity contribution in [3.63, 3.8) is 0 Å². The van der Waals surface area contributed by atoms with E-state index in [2.05, 4.69) is 11.4 Å². The summed E-state index contributed by atoms with van der Waals surface area (Å²) in [6, 6.07) is 2.18. The third-order valence-electron chi connectivity index (χ3n) is 3.16. The minimum Gasteiger partial charge on any atom is -0.389 e. The van der Waals surface area contributed by atoms with Crippen LogP contribution in [-0.2, 0) is 0 Å². The molecule has 0 heterocycles. The molecule has 15 heavy (non-hydrogen) atoms. The fraction of sp³-hybridized carbons (Fsp3) is 0.917. The number of nitrogens with zero attached hydrogens (tertiary/aromatic N) is 1. The Morgan fingerprint density at radius 3 is 2.47 bits per heavy atom. The predicted octanol–water partition coefficient (Wildman–Crippen LogP) is 1.82. The molecule has 1 fully saturated rings. The van der Waals surface area contributed by atoms with Gasteiger partial charge in [0.2, 0.25) is 0 Å². The van der Waals surface area contributed by atoms with E-state index in [0.717, 1.165) is 25.7 Å². The fourth-order valence-electron chi connectivity index (χ4n) is 2.13. The summed E-state index contributed by atoms with van der Waals surface area (Å²) in [5.41, 5.74) is -0.522. The highest BCUT2D eigenvalue weighted by Gasteiger charge is 2.27. The van der Waals surface area contributed by atoms with Gasteiger partial charge in [0.25, 0.3) is 0 Å². The topological polar surface area (TPSA) is 56.0 Å². The summed E-state index contributed by atoms with van der Waals surface area (Å²) in [5, 5.41) is 22.1. The van der Waals surface area contributed by atoms with Crippen molar-refractivity contribution >= 4 is 0 Å². The van der Waals surface area contributed by atoms with Crippen LogP contribution in [0.25, 0.3) is 0 Å².